The van der Waals surface area contributed by atoms with Crippen LogP contribution in [-0.4, -0.2) is 16.1 Å². The van der Waals surface area contributed by atoms with E-state index in [-0.39, 0.29) is 16.8 Å². The summed E-state index contributed by atoms with van der Waals surface area (Å²) in [6.45, 7) is 0. The number of nitrogens with one attached hydrogen (secondary N) is 2. The molecule has 0 heterocycles. The minimum Gasteiger partial charge on any atom is -0.506 e. The summed E-state index contributed by atoms with van der Waals surface area (Å²) in [5.74, 6) is -0.259. The number of carbonyl (C=O) groups excluding carboxylic acids is 1. The molecule has 3 aromatic carbocycles. The van der Waals surface area contributed by atoms with Gasteiger partial charge in [-0.2, -0.15) is 0 Å². The Morgan fingerprint density at radius 3 is 2.35 bits per heavy atom. The molecule has 0 bridgehead atoms. The summed E-state index contributed by atoms with van der Waals surface area (Å²) in [6, 6.07) is 14.0. The van der Waals surface area contributed by atoms with Gasteiger partial charge in [0.15, 0.2) is 5.11 Å². The number of fused-ring (bicyclic) bond motifs is 1. The Balaban J connectivity index is 1.80. The molecular formula is C18H11Br2ClN2O2S. The van der Waals surface area contributed by atoms with Gasteiger partial charge in [0.2, 0.25) is 0 Å². The van der Waals surface area contributed by atoms with Gasteiger partial charge in [-0.3, -0.25) is 10.1 Å². The Hall–Kier alpha value is -1.67. The van der Waals surface area contributed by atoms with Gasteiger partial charge in [0.25, 0.3) is 5.91 Å². The Morgan fingerprint density at radius 1 is 1.04 bits per heavy atom. The van der Waals surface area contributed by atoms with Crippen molar-refractivity contribution in [3.8, 4) is 5.75 Å². The molecule has 3 N–H and O–H groups in total. The highest BCUT2D eigenvalue weighted by molar-refractivity contribution is 9.11. The standard InChI is InChI=1S/C18H11Br2ClN2O2S/c19-13-7-9(8-14(20)16(13)24)22-18(26)23-17(25)12-5-1-4-11-10(12)3-2-6-15(11)21/h1-8,24H,(H2,22,23,25,26). The molecule has 0 unspecified atom stereocenters. The Morgan fingerprint density at radius 2 is 1.65 bits per heavy atom. The van der Waals surface area contributed by atoms with E-state index in [9.17, 15) is 9.90 Å². The molecule has 0 fully saturated rings. The molecule has 3 aromatic rings. The third-order valence-electron chi connectivity index (χ3n) is 3.62. The van der Waals surface area contributed by atoms with Crippen LogP contribution in [0.5, 0.6) is 5.75 Å². The first-order valence-electron chi connectivity index (χ1n) is 7.34. The molecule has 8 heteroatoms. The van der Waals surface area contributed by atoms with Gasteiger partial charge in [0, 0.05) is 21.7 Å². The highest BCUT2D eigenvalue weighted by Crippen LogP contribution is 2.35. The number of phenolic OH excluding ortho intramolecular Hbond substituents is 1. The molecule has 0 aliphatic heterocycles. The van der Waals surface area contributed by atoms with Crippen LogP contribution in [-0.2, 0) is 0 Å². The Bertz CT molecular complexity index is 1020. The number of anilines is 1. The maximum absolute atomic E-state index is 12.6. The number of hydrogen-bond donors (Lipinski definition) is 3. The van der Waals surface area contributed by atoms with Crippen molar-refractivity contribution >= 4 is 83.2 Å². The lowest BCUT2D eigenvalue weighted by Crippen LogP contribution is -2.34. The van der Waals surface area contributed by atoms with Crippen molar-refractivity contribution in [1.29, 1.82) is 0 Å². The van der Waals surface area contributed by atoms with Gasteiger partial charge in [-0.25, -0.2) is 0 Å². The van der Waals surface area contributed by atoms with E-state index >= 15 is 0 Å². The maximum Gasteiger partial charge on any atom is 0.258 e. The molecule has 3 rings (SSSR count). The fourth-order valence-corrected chi connectivity index (χ4v) is 4.07. The van der Waals surface area contributed by atoms with Gasteiger partial charge >= 0.3 is 0 Å². The highest BCUT2D eigenvalue weighted by atomic mass is 79.9. The second-order valence-corrected chi connectivity index (χ2v) is 7.86. The molecule has 26 heavy (non-hydrogen) atoms. The summed E-state index contributed by atoms with van der Waals surface area (Å²) in [6.07, 6.45) is 0. The van der Waals surface area contributed by atoms with E-state index < -0.39 is 0 Å². The van der Waals surface area contributed by atoms with Crippen LogP contribution in [0.4, 0.5) is 5.69 Å². The van der Waals surface area contributed by atoms with Crippen molar-refractivity contribution in [2.75, 3.05) is 5.32 Å². The number of thiocarbonyl (C=S) groups is 1. The number of rotatable bonds is 2. The van der Waals surface area contributed by atoms with Crippen molar-refractivity contribution in [2.45, 2.75) is 0 Å². The van der Waals surface area contributed by atoms with Gasteiger partial charge < -0.3 is 10.4 Å². The van der Waals surface area contributed by atoms with Crippen LogP contribution in [0.15, 0.2) is 57.5 Å². The predicted octanol–water partition coefficient (Wildman–Crippen LogP) is 5.85. The van der Waals surface area contributed by atoms with E-state index in [1.807, 2.05) is 12.1 Å². The van der Waals surface area contributed by atoms with Crippen molar-refractivity contribution in [2.24, 2.45) is 0 Å². The van der Waals surface area contributed by atoms with Gasteiger partial charge in [0.05, 0.1) is 8.95 Å². The average molecular weight is 515 g/mol. The molecule has 0 saturated heterocycles. The normalized spacial score (nSPS) is 10.6. The van der Waals surface area contributed by atoms with Crippen LogP contribution in [0.3, 0.4) is 0 Å². The van der Waals surface area contributed by atoms with Crippen LogP contribution < -0.4 is 10.6 Å². The van der Waals surface area contributed by atoms with E-state index in [0.717, 1.165) is 10.8 Å². The quantitative estimate of drug-likeness (QED) is 0.297. The lowest BCUT2D eigenvalue weighted by molar-refractivity contribution is 0.0979. The fourth-order valence-electron chi connectivity index (χ4n) is 2.44. The lowest BCUT2D eigenvalue weighted by Gasteiger charge is -2.12. The van der Waals surface area contributed by atoms with Gasteiger partial charge in [-0.05, 0) is 73.7 Å². The summed E-state index contributed by atoms with van der Waals surface area (Å²) in [5.41, 5.74) is 1.08. The van der Waals surface area contributed by atoms with Crippen LogP contribution in [0.1, 0.15) is 10.4 Å². The maximum atomic E-state index is 12.6. The van der Waals surface area contributed by atoms with Gasteiger partial charge in [-0.15, -0.1) is 0 Å². The first kappa shape index (κ1) is 19.1. The summed E-state index contributed by atoms with van der Waals surface area (Å²) < 4.78 is 0.986. The zero-order valence-electron chi connectivity index (χ0n) is 13.0. The van der Waals surface area contributed by atoms with E-state index in [2.05, 4.69) is 42.5 Å². The molecule has 4 nitrogen and oxygen atoms in total. The monoisotopic (exact) mass is 512 g/mol. The van der Waals surface area contributed by atoms with Crippen LogP contribution >= 0.6 is 55.7 Å². The summed E-state index contributed by atoms with van der Waals surface area (Å²) in [4.78, 5) is 12.6. The molecule has 1 amide bonds. The number of amides is 1. The van der Waals surface area contributed by atoms with Gasteiger partial charge in [-0.1, -0.05) is 35.9 Å². The number of benzene rings is 3. The minimum atomic E-state index is -0.340. The molecule has 0 atom stereocenters. The SMILES string of the molecule is O=C(NC(=S)Nc1cc(Br)c(O)c(Br)c1)c1cccc2c(Cl)cccc12. The van der Waals surface area contributed by atoms with E-state index in [0.29, 0.717) is 25.2 Å². The Labute approximate surface area is 176 Å². The molecule has 132 valence electrons. The summed E-state index contributed by atoms with van der Waals surface area (Å²) in [7, 11) is 0. The van der Waals surface area contributed by atoms with Crippen LogP contribution in [0.25, 0.3) is 10.8 Å². The van der Waals surface area contributed by atoms with Crippen LogP contribution in [0.2, 0.25) is 5.02 Å². The average Bonchev–Trinajstić information content (AvgIpc) is 2.59. The second kappa shape index (κ2) is 7.92. The largest absolute Gasteiger partial charge is 0.506 e. The molecule has 0 radical (unpaired) electrons. The second-order valence-electron chi connectivity index (χ2n) is 5.34. The molecule has 0 aliphatic rings. The van der Waals surface area contributed by atoms with E-state index in [4.69, 9.17) is 23.8 Å². The molecule has 0 aliphatic carbocycles. The van der Waals surface area contributed by atoms with Crippen molar-refractivity contribution < 1.29 is 9.90 Å². The highest BCUT2D eigenvalue weighted by Gasteiger charge is 2.13. The first-order chi connectivity index (χ1) is 12.4. The van der Waals surface area contributed by atoms with Gasteiger partial charge in [0.1, 0.15) is 5.75 Å². The van der Waals surface area contributed by atoms with Crippen LogP contribution in [0, 0.1) is 0 Å². The zero-order chi connectivity index (χ0) is 18.8. The zero-order valence-corrected chi connectivity index (χ0v) is 17.8. The lowest BCUT2D eigenvalue weighted by atomic mass is 10.0. The smallest absolute Gasteiger partial charge is 0.258 e. The number of phenols is 1. The fraction of sp³-hybridized carbons (Fsp3) is 0. The Kier molecular flexibility index (Phi) is 5.82. The molecular weight excluding hydrogens is 504 g/mol. The predicted molar refractivity (Wildman–Crippen MR) is 116 cm³/mol. The topological polar surface area (TPSA) is 61.4 Å². The number of carbonyl (C=O) groups is 1. The third-order valence-corrected chi connectivity index (χ3v) is 5.36. The van der Waals surface area contributed by atoms with E-state index in [1.54, 1.807) is 36.4 Å². The van der Waals surface area contributed by atoms with Crippen molar-refractivity contribution in [3.05, 3.63) is 68.1 Å². The van der Waals surface area contributed by atoms with E-state index in [1.165, 1.54) is 0 Å². The number of aromatic hydroxyl groups is 1. The summed E-state index contributed by atoms with van der Waals surface area (Å²) >= 11 is 17.9. The van der Waals surface area contributed by atoms with Crippen molar-refractivity contribution in [3.63, 3.8) is 0 Å². The molecule has 0 saturated carbocycles. The third kappa shape index (κ3) is 4.01. The number of halogens is 3. The summed E-state index contributed by atoms with van der Waals surface area (Å²) in [5, 5.41) is 17.6. The number of hydrogen-bond acceptors (Lipinski definition) is 3. The molecule has 0 aromatic heterocycles. The molecule has 0 spiro atoms. The van der Waals surface area contributed by atoms with Crippen molar-refractivity contribution in [1.82, 2.24) is 5.32 Å². The minimum absolute atomic E-state index is 0.0816. The first-order valence-corrected chi connectivity index (χ1v) is 9.71.